The van der Waals surface area contributed by atoms with Crippen molar-refractivity contribution < 1.29 is 4.79 Å². The maximum atomic E-state index is 12.1. The van der Waals surface area contributed by atoms with Crippen molar-refractivity contribution >= 4 is 40.6 Å². The second-order valence-electron chi connectivity index (χ2n) is 5.29. The number of benzene rings is 1. The lowest BCUT2D eigenvalue weighted by Gasteiger charge is -2.13. The molecule has 0 N–H and O–H groups in total. The van der Waals surface area contributed by atoms with Crippen LogP contribution in [-0.4, -0.2) is 28.9 Å². The van der Waals surface area contributed by atoms with Crippen molar-refractivity contribution in [1.29, 1.82) is 0 Å². The molecule has 2 heterocycles. The highest BCUT2D eigenvalue weighted by atomic mass is 35.5. The molecule has 0 spiro atoms. The van der Waals surface area contributed by atoms with Crippen molar-refractivity contribution in [3.05, 3.63) is 45.9 Å². The number of carbonyl (C=O) groups is 1. The normalized spacial score (nSPS) is 14.5. The Kier molecular flexibility index (Phi) is 5.39. The van der Waals surface area contributed by atoms with E-state index in [2.05, 4.69) is 11.1 Å². The number of likely N-dealkylation sites (tertiary alicyclic amines) is 1. The van der Waals surface area contributed by atoms with Crippen molar-refractivity contribution in [2.45, 2.75) is 29.4 Å². The van der Waals surface area contributed by atoms with E-state index in [-0.39, 0.29) is 5.91 Å². The number of thiazole rings is 1. The molecule has 1 aliphatic rings. The van der Waals surface area contributed by atoms with Crippen molar-refractivity contribution in [1.82, 2.24) is 9.88 Å². The van der Waals surface area contributed by atoms with E-state index in [1.807, 2.05) is 28.5 Å². The lowest BCUT2D eigenvalue weighted by atomic mass is 10.2. The topological polar surface area (TPSA) is 33.2 Å². The van der Waals surface area contributed by atoms with Crippen LogP contribution < -0.4 is 0 Å². The number of nitrogens with zero attached hydrogens (tertiary/aromatic N) is 2. The zero-order valence-electron chi connectivity index (χ0n) is 12.1. The minimum absolute atomic E-state index is 0.203. The summed E-state index contributed by atoms with van der Waals surface area (Å²) in [6.07, 6.45) is 2.68. The average Bonchev–Trinajstić information content (AvgIpc) is 3.17. The first-order valence-corrected chi connectivity index (χ1v) is 9.54. The van der Waals surface area contributed by atoms with Gasteiger partial charge in [0, 0.05) is 29.2 Å². The van der Waals surface area contributed by atoms with Gasteiger partial charge in [0.15, 0.2) is 0 Å². The molecule has 6 heteroatoms. The summed E-state index contributed by atoms with van der Waals surface area (Å²) in [6, 6.07) is 7.87. The third-order valence-electron chi connectivity index (χ3n) is 3.57. The number of aromatic nitrogens is 1. The number of halogens is 1. The van der Waals surface area contributed by atoms with E-state index in [1.54, 1.807) is 23.1 Å². The Hall–Kier alpha value is -1.04. The molecule has 0 aliphatic carbocycles. The third-order valence-corrected chi connectivity index (χ3v) is 5.95. The molecule has 0 unspecified atom stereocenters. The summed E-state index contributed by atoms with van der Waals surface area (Å²) in [5.41, 5.74) is 2.07. The van der Waals surface area contributed by atoms with Crippen LogP contribution >= 0.6 is 34.7 Å². The summed E-state index contributed by atoms with van der Waals surface area (Å²) < 4.78 is 1.00. The molecule has 0 atom stereocenters. The minimum atomic E-state index is 0.203. The molecular weight excluding hydrogens is 336 g/mol. The Morgan fingerprint density at radius 1 is 1.36 bits per heavy atom. The van der Waals surface area contributed by atoms with E-state index in [9.17, 15) is 4.79 Å². The lowest BCUT2D eigenvalue weighted by molar-refractivity contribution is -0.129. The number of hydrogen-bond acceptors (Lipinski definition) is 4. The van der Waals surface area contributed by atoms with Crippen molar-refractivity contribution in [2.24, 2.45) is 0 Å². The summed E-state index contributed by atoms with van der Waals surface area (Å²) in [7, 11) is 0. The molecule has 116 valence electrons. The zero-order chi connectivity index (χ0) is 15.4. The van der Waals surface area contributed by atoms with Crippen LogP contribution in [0.15, 0.2) is 34.0 Å². The molecule has 1 saturated heterocycles. The molecule has 3 rings (SSSR count). The van der Waals surface area contributed by atoms with Gasteiger partial charge in [0.05, 0.1) is 12.1 Å². The highest BCUT2D eigenvalue weighted by Gasteiger charge is 2.19. The standard InChI is InChI=1S/C16H17ClN2OS2/c17-13-5-3-4-12(8-13)10-21-16-18-14(11-22-16)9-15(20)19-6-1-2-7-19/h3-5,8,11H,1-2,6-7,9-10H2. The Bertz CT molecular complexity index is 653. The van der Waals surface area contributed by atoms with Crippen LogP contribution in [0.2, 0.25) is 5.02 Å². The van der Waals surface area contributed by atoms with Gasteiger partial charge in [-0.2, -0.15) is 0 Å². The number of hydrogen-bond donors (Lipinski definition) is 0. The molecule has 1 amide bonds. The third kappa shape index (κ3) is 4.24. The molecule has 0 radical (unpaired) electrons. The molecular formula is C16H17ClN2OS2. The van der Waals surface area contributed by atoms with Crippen molar-refractivity contribution in [3.63, 3.8) is 0 Å². The first kappa shape index (κ1) is 15.8. The van der Waals surface area contributed by atoms with Gasteiger partial charge < -0.3 is 4.90 Å². The molecule has 22 heavy (non-hydrogen) atoms. The molecule has 1 fully saturated rings. The van der Waals surface area contributed by atoms with Gasteiger partial charge in [-0.05, 0) is 30.5 Å². The Morgan fingerprint density at radius 2 is 2.18 bits per heavy atom. The summed E-state index contributed by atoms with van der Waals surface area (Å²) in [5.74, 6) is 1.04. The predicted molar refractivity (Wildman–Crippen MR) is 92.6 cm³/mol. The maximum absolute atomic E-state index is 12.1. The Morgan fingerprint density at radius 3 is 2.95 bits per heavy atom. The predicted octanol–water partition coefficient (Wildman–Crippen LogP) is 4.25. The summed E-state index contributed by atoms with van der Waals surface area (Å²) >= 11 is 9.28. The van der Waals surface area contributed by atoms with Crippen LogP contribution in [0.25, 0.3) is 0 Å². The quantitative estimate of drug-likeness (QED) is 0.754. The van der Waals surface area contributed by atoms with Gasteiger partial charge in [-0.1, -0.05) is 35.5 Å². The second-order valence-corrected chi connectivity index (χ2v) is 7.81. The Labute approximate surface area is 143 Å². The first-order valence-electron chi connectivity index (χ1n) is 7.30. The molecule has 1 aromatic carbocycles. The van der Waals surface area contributed by atoms with Gasteiger partial charge in [-0.15, -0.1) is 11.3 Å². The monoisotopic (exact) mass is 352 g/mol. The van der Waals surface area contributed by atoms with Crippen molar-refractivity contribution in [2.75, 3.05) is 13.1 Å². The highest BCUT2D eigenvalue weighted by Crippen LogP contribution is 2.27. The van der Waals surface area contributed by atoms with Gasteiger partial charge in [0.2, 0.25) is 5.91 Å². The number of carbonyl (C=O) groups excluding carboxylic acids is 1. The first-order chi connectivity index (χ1) is 10.7. The van der Waals surface area contributed by atoms with E-state index in [0.29, 0.717) is 6.42 Å². The van der Waals surface area contributed by atoms with Gasteiger partial charge in [0.25, 0.3) is 0 Å². The average molecular weight is 353 g/mol. The van der Waals surface area contributed by atoms with E-state index in [0.717, 1.165) is 46.7 Å². The highest BCUT2D eigenvalue weighted by molar-refractivity contribution is 8.00. The van der Waals surface area contributed by atoms with Crippen LogP contribution in [0.3, 0.4) is 0 Å². The molecule has 3 nitrogen and oxygen atoms in total. The smallest absolute Gasteiger partial charge is 0.228 e. The number of rotatable bonds is 5. The molecule has 0 bridgehead atoms. The fraction of sp³-hybridized carbons (Fsp3) is 0.375. The van der Waals surface area contributed by atoms with E-state index < -0.39 is 0 Å². The van der Waals surface area contributed by atoms with Gasteiger partial charge in [0.1, 0.15) is 4.34 Å². The maximum Gasteiger partial charge on any atom is 0.228 e. The van der Waals surface area contributed by atoms with Crippen LogP contribution in [0, 0.1) is 0 Å². The van der Waals surface area contributed by atoms with Gasteiger partial charge >= 0.3 is 0 Å². The summed E-state index contributed by atoms with van der Waals surface area (Å²) in [4.78, 5) is 18.6. The Balaban J connectivity index is 1.53. The summed E-state index contributed by atoms with van der Waals surface area (Å²) in [6.45, 7) is 1.80. The molecule has 0 saturated carbocycles. The van der Waals surface area contributed by atoms with Crippen LogP contribution in [0.5, 0.6) is 0 Å². The van der Waals surface area contributed by atoms with Crippen LogP contribution in [0.4, 0.5) is 0 Å². The lowest BCUT2D eigenvalue weighted by Crippen LogP contribution is -2.29. The van der Waals surface area contributed by atoms with E-state index in [1.165, 1.54) is 5.56 Å². The van der Waals surface area contributed by atoms with Crippen LogP contribution in [-0.2, 0) is 17.0 Å². The zero-order valence-corrected chi connectivity index (χ0v) is 14.5. The number of thioether (sulfide) groups is 1. The summed E-state index contributed by atoms with van der Waals surface area (Å²) in [5, 5.41) is 2.75. The number of amides is 1. The van der Waals surface area contributed by atoms with Gasteiger partial charge in [-0.3, -0.25) is 4.79 Å². The van der Waals surface area contributed by atoms with E-state index >= 15 is 0 Å². The molecule has 1 aromatic heterocycles. The molecule has 1 aliphatic heterocycles. The van der Waals surface area contributed by atoms with E-state index in [4.69, 9.17) is 11.6 Å². The van der Waals surface area contributed by atoms with Gasteiger partial charge in [-0.25, -0.2) is 4.98 Å². The SMILES string of the molecule is O=C(Cc1csc(SCc2cccc(Cl)c2)n1)N1CCCC1. The molecule has 2 aromatic rings. The van der Waals surface area contributed by atoms with Crippen molar-refractivity contribution in [3.8, 4) is 0 Å². The largest absolute Gasteiger partial charge is 0.342 e. The van der Waals surface area contributed by atoms with Crippen LogP contribution in [0.1, 0.15) is 24.1 Å². The second kappa shape index (κ2) is 7.49. The fourth-order valence-corrected chi connectivity index (χ4v) is 4.44. The minimum Gasteiger partial charge on any atom is -0.342 e. The fourth-order valence-electron chi connectivity index (χ4n) is 2.44.